The van der Waals surface area contributed by atoms with Crippen LogP contribution in [0, 0.1) is 5.92 Å². The lowest BCUT2D eigenvalue weighted by Gasteiger charge is -2.13. The summed E-state index contributed by atoms with van der Waals surface area (Å²) in [5, 5.41) is 6.61. The zero-order valence-corrected chi connectivity index (χ0v) is 12.2. The van der Waals surface area contributed by atoms with E-state index in [4.69, 9.17) is 0 Å². The van der Waals surface area contributed by atoms with Gasteiger partial charge in [0.2, 0.25) is 5.91 Å². The molecule has 1 saturated carbocycles. The minimum absolute atomic E-state index is 0.0504. The summed E-state index contributed by atoms with van der Waals surface area (Å²) in [6, 6.07) is 3.79. The molecule has 0 atom stereocenters. The van der Waals surface area contributed by atoms with Crippen LogP contribution in [-0.4, -0.2) is 17.9 Å². The molecule has 2 amide bonds. The summed E-state index contributed by atoms with van der Waals surface area (Å²) in [6.07, 6.45) is 3.83. The molecule has 1 fully saturated rings. The minimum Gasteiger partial charge on any atom is -0.349 e. The molecule has 0 aliphatic heterocycles. The van der Waals surface area contributed by atoms with Gasteiger partial charge < -0.3 is 10.6 Å². The Morgan fingerprint density at radius 2 is 2.00 bits per heavy atom. The smallest absolute Gasteiger partial charge is 0.261 e. The van der Waals surface area contributed by atoms with Gasteiger partial charge in [-0.05, 0) is 37.8 Å². The fourth-order valence-corrected chi connectivity index (χ4v) is 2.66. The Bertz CT molecular complexity index is 462. The van der Waals surface area contributed by atoms with Crippen molar-refractivity contribution in [3.8, 4) is 0 Å². The van der Waals surface area contributed by atoms with Crippen LogP contribution < -0.4 is 10.6 Å². The Kier molecular flexibility index (Phi) is 4.58. The van der Waals surface area contributed by atoms with Gasteiger partial charge in [0.15, 0.2) is 0 Å². The average molecular weight is 280 g/mol. The van der Waals surface area contributed by atoms with E-state index in [1.165, 1.54) is 11.3 Å². The molecule has 0 radical (unpaired) electrons. The van der Waals surface area contributed by atoms with E-state index in [0.717, 1.165) is 30.7 Å². The summed E-state index contributed by atoms with van der Waals surface area (Å²) in [5.41, 5.74) is 0. The molecule has 1 aromatic heterocycles. The molecule has 0 spiro atoms. The zero-order chi connectivity index (χ0) is 13.8. The molecule has 2 N–H and O–H groups in total. The van der Waals surface area contributed by atoms with E-state index in [0.29, 0.717) is 4.88 Å². The molecule has 104 valence electrons. The third kappa shape index (κ3) is 3.80. The number of hydrogen-bond acceptors (Lipinski definition) is 3. The molecule has 0 bridgehead atoms. The van der Waals surface area contributed by atoms with Crippen molar-refractivity contribution in [1.82, 2.24) is 5.32 Å². The van der Waals surface area contributed by atoms with Gasteiger partial charge in [0, 0.05) is 12.0 Å². The second-order valence-corrected chi connectivity index (χ2v) is 6.00. The SMILES string of the molecule is CCC(CC)NC(=O)c1ccc(NC(=O)C2CC2)s1. The standard InChI is InChI=1S/C14H20N2O2S/c1-3-10(4-2)15-14(18)11-7-8-12(19-11)16-13(17)9-5-6-9/h7-10H,3-6H2,1-2H3,(H,15,18)(H,16,17). The molecule has 2 rings (SSSR count). The summed E-state index contributed by atoms with van der Waals surface area (Å²) < 4.78 is 0. The maximum Gasteiger partial charge on any atom is 0.261 e. The monoisotopic (exact) mass is 280 g/mol. The summed E-state index contributed by atoms with van der Waals surface area (Å²) in [6.45, 7) is 4.12. The van der Waals surface area contributed by atoms with Crippen LogP contribution >= 0.6 is 11.3 Å². The van der Waals surface area contributed by atoms with Crippen molar-refractivity contribution in [3.05, 3.63) is 17.0 Å². The predicted molar refractivity (Wildman–Crippen MR) is 77.5 cm³/mol. The Balaban J connectivity index is 1.91. The van der Waals surface area contributed by atoms with Gasteiger partial charge in [-0.2, -0.15) is 0 Å². The van der Waals surface area contributed by atoms with E-state index in [-0.39, 0.29) is 23.8 Å². The number of hydrogen-bond donors (Lipinski definition) is 2. The van der Waals surface area contributed by atoms with Crippen molar-refractivity contribution in [3.63, 3.8) is 0 Å². The molecule has 1 aliphatic carbocycles. The number of carbonyl (C=O) groups excluding carboxylic acids is 2. The van der Waals surface area contributed by atoms with Crippen molar-refractivity contribution in [2.75, 3.05) is 5.32 Å². The largest absolute Gasteiger partial charge is 0.349 e. The van der Waals surface area contributed by atoms with Crippen molar-refractivity contribution >= 4 is 28.2 Å². The Morgan fingerprint density at radius 3 is 2.58 bits per heavy atom. The van der Waals surface area contributed by atoms with Crippen LogP contribution in [0.4, 0.5) is 5.00 Å². The molecular formula is C14H20N2O2S. The Morgan fingerprint density at radius 1 is 1.32 bits per heavy atom. The first-order chi connectivity index (χ1) is 9.13. The zero-order valence-electron chi connectivity index (χ0n) is 11.4. The van der Waals surface area contributed by atoms with Crippen LogP contribution in [0.5, 0.6) is 0 Å². The minimum atomic E-state index is -0.0504. The van der Waals surface area contributed by atoms with Crippen molar-refractivity contribution in [2.45, 2.75) is 45.6 Å². The third-order valence-electron chi connectivity index (χ3n) is 3.35. The van der Waals surface area contributed by atoms with Gasteiger partial charge in [0.05, 0.1) is 9.88 Å². The molecule has 1 heterocycles. The normalized spacial score (nSPS) is 14.5. The number of nitrogens with one attached hydrogen (secondary N) is 2. The summed E-state index contributed by atoms with van der Waals surface area (Å²) in [7, 11) is 0. The summed E-state index contributed by atoms with van der Waals surface area (Å²) in [4.78, 5) is 24.3. The highest BCUT2D eigenvalue weighted by Crippen LogP contribution is 2.31. The van der Waals surface area contributed by atoms with Crippen molar-refractivity contribution in [2.24, 2.45) is 5.92 Å². The highest BCUT2D eigenvalue weighted by Gasteiger charge is 2.29. The number of amides is 2. The fraction of sp³-hybridized carbons (Fsp3) is 0.571. The van der Waals surface area contributed by atoms with Gasteiger partial charge in [0.25, 0.3) is 5.91 Å². The number of anilines is 1. The molecule has 1 aromatic rings. The van der Waals surface area contributed by atoms with Crippen LogP contribution in [0.15, 0.2) is 12.1 Å². The van der Waals surface area contributed by atoms with Crippen LogP contribution in [-0.2, 0) is 4.79 Å². The van der Waals surface area contributed by atoms with Gasteiger partial charge in [-0.1, -0.05) is 13.8 Å². The summed E-state index contributed by atoms with van der Waals surface area (Å²) >= 11 is 1.33. The lowest BCUT2D eigenvalue weighted by atomic mass is 10.2. The van der Waals surface area contributed by atoms with Gasteiger partial charge in [0.1, 0.15) is 0 Å². The lowest BCUT2D eigenvalue weighted by Crippen LogP contribution is -2.33. The van der Waals surface area contributed by atoms with Crippen LogP contribution in [0.2, 0.25) is 0 Å². The number of carbonyl (C=O) groups is 2. The second kappa shape index (κ2) is 6.19. The quantitative estimate of drug-likeness (QED) is 0.841. The van der Waals surface area contributed by atoms with Gasteiger partial charge in [-0.15, -0.1) is 11.3 Å². The van der Waals surface area contributed by atoms with Gasteiger partial charge in [-0.25, -0.2) is 0 Å². The molecular weight excluding hydrogens is 260 g/mol. The fourth-order valence-electron chi connectivity index (χ4n) is 1.85. The van der Waals surface area contributed by atoms with E-state index in [1.807, 2.05) is 0 Å². The third-order valence-corrected chi connectivity index (χ3v) is 4.34. The number of thiophene rings is 1. The number of rotatable bonds is 6. The van der Waals surface area contributed by atoms with E-state index in [9.17, 15) is 9.59 Å². The van der Waals surface area contributed by atoms with Crippen molar-refractivity contribution in [1.29, 1.82) is 0 Å². The first kappa shape index (κ1) is 14.1. The molecule has 4 nitrogen and oxygen atoms in total. The van der Waals surface area contributed by atoms with E-state index < -0.39 is 0 Å². The molecule has 0 aromatic carbocycles. The molecule has 0 saturated heterocycles. The summed E-state index contributed by atoms with van der Waals surface area (Å²) in [5.74, 6) is 0.211. The topological polar surface area (TPSA) is 58.2 Å². The maximum absolute atomic E-state index is 12.0. The van der Waals surface area contributed by atoms with Gasteiger partial charge in [-0.3, -0.25) is 9.59 Å². The van der Waals surface area contributed by atoms with Gasteiger partial charge >= 0.3 is 0 Å². The van der Waals surface area contributed by atoms with E-state index >= 15 is 0 Å². The molecule has 1 aliphatic rings. The highest BCUT2D eigenvalue weighted by molar-refractivity contribution is 7.18. The van der Waals surface area contributed by atoms with Crippen LogP contribution in [0.3, 0.4) is 0 Å². The Hall–Kier alpha value is -1.36. The predicted octanol–water partition coefficient (Wildman–Crippen LogP) is 3.02. The first-order valence-corrected chi connectivity index (χ1v) is 7.67. The Labute approximate surface area is 117 Å². The van der Waals surface area contributed by atoms with E-state index in [2.05, 4.69) is 24.5 Å². The molecule has 19 heavy (non-hydrogen) atoms. The first-order valence-electron chi connectivity index (χ1n) is 6.85. The van der Waals surface area contributed by atoms with Crippen LogP contribution in [0.1, 0.15) is 49.2 Å². The van der Waals surface area contributed by atoms with Crippen LogP contribution in [0.25, 0.3) is 0 Å². The maximum atomic E-state index is 12.0. The second-order valence-electron chi connectivity index (χ2n) is 4.91. The highest BCUT2D eigenvalue weighted by atomic mass is 32.1. The average Bonchev–Trinajstić information content (AvgIpc) is 3.16. The lowest BCUT2D eigenvalue weighted by molar-refractivity contribution is -0.117. The molecule has 0 unspecified atom stereocenters. The van der Waals surface area contributed by atoms with Crippen molar-refractivity contribution < 1.29 is 9.59 Å². The van der Waals surface area contributed by atoms with E-state index in [1.54, 1.807) is 12.1 Å². The molecule has 5 heteroatoms.